The summed E-state index contributed by atoms with van der Waals surface area (Å²) in [4.78, 5) is 33.6. The van der Waals surface area contributed by atoms with Crippen LogP contribution in [0.3, 0.4) is 0 Å². The maximum Gasteiger partial charge on any atom is 0.333 e. The lowest BCUT2D eigenvalue weighted by Crippen LogP contribution is -2.68. The van der Waals surface area contributed by atoms with Gasteiger partial charge in [0.1, 0.15) is 17.5 Å². The smallest absolute Gasteiger partial charge is 0.333 e. The molecule has 1 spiro atoms. The first-order chi connectivity index (χ1) is 27.6. The van der Waals surface area contributed by atoms with Crippen LogP contribution >= 0.6 is 11.8 Å². The van der Waals surface area contributed by atoms with E-state index in [2.05, 4.69) is 32.7 Å². The minimum atomic E-state index is -1.29. The molecular formula is C42H43N5O9S. The highest BCUT2D eigenvalue weighted by atomic mass is 32.2. The standard InChI is InChI=1S/C42H43N5O9S/c1-18-12-21-13-26-28(15-43)47-27-9-11-53-41(50)42(40-23(8-10-44-42)24-14-22(51-4)6-7-25(24)46-40)16-57-39(33(47)32(45-26)29(21)34(49)35(18)52-5)31-30(27)38-37(54-17-55-38)19(2)36(31)56-20(3)48/h6-7,12,14,26-28,32-33,39,44-46,49H,8-11,13,16-17H2,1-5H3/t26-,27+,28+,32-,33-,39-,42-/m1/s1. The van der Waals surface area contributed by atoms with Crippen LogP contribution in [-0.2, 0) is 32.7 Å². The average Bonchev–Trinajstić information content (AvgIpc) is 3.83. The van der Waals surface area contributed by atoms with E-state index in [9.17, 15) is 20.0 Å². The van der Waals surface area contributed by atoms with E-state index in [0.717, 1.165) is 50.2 Å². The summed E-state index contributed by atoms with van der Waals surface area (Å²) in [5.41, 5.74) is 5.91. The van der Waals surface area contributed by atoms with Gasteiger partial charge >= 0.3 is 11.9 Å². The van der Waals surface area contributed by atoms with Crippen LogP contribution in [0.15, 0.2) is 24.3 Å². The number of esters is 2. The molecule has 15 heteroatoms. The molecule has 1 aromatic heterocycles. The monoisotopic (exact) mass is 793 g/mol. The first kappa shape index (κ1) is 36.2. The van der Waals surface area contributed by atoms with Crippen LogP contribution in [0.2, 0.25) is 0 Å². The van der Waals surface area contributed by atoms with Gasteiger partial charge in [-0.3, -0.25) is 15.0 Å². The lowest BCUT2D eigenvalue weighted by atomic mass is 9.72. The van der Waals surface area contributed by atoms with Gasteiger partial charge in [0.2, 0.25) is 6.79 Å². The van der Waals surface area contributed by atoms with E-state index < -0.39 is 46.9 Å². The van der Waals surface area contributed by atoms with E-state index in [4.69, 9.17) is 28.4 Å². The molecule has 1 saturated heterocycles. The highest BCUT2D eigenvalue weighted by molar-refractivity contribution is 7.99. The van der Waals surface area contributed by atoms with Crippen LogP contribution in [0, 0.1) is 25.2 Å². The zero-order valence-electron chi connectivity index (χ0n) is 32.2. The second-order valence-electron chi connectivity index (χ2n) is 15.7. The van der Waals surface area contributed by atoms with Crippen molar-refractivity contribution in [1.29, 1.82) is 5.26 Å². The van der Waals surface area contributed by atoms with Crippen LogP contribution in [0.25, 0.3) is 10.9 Å². The predicted molar refractivity (Wildman–Crippen MR) is 208 cm³/mol. The number of rotatable bonds is 3. The lowest BCUT2D eigenvalue weighted by Gasteiger charge is -2.59. The van der Waals surface area contributed by atoms with Crippen molar-refractivity contribution in [2.75, 3.05) is 39.9 Å². The van der Waals surface area contributed by atoms with Crippen molar-refractivity contribution in [3.8, 4) is 40.6 Å². The van der Waals surface area contributed by atoms with Crippen molar-refractivity contribution in [3.63, 3.8) is 0 Å². The molecule has 7 heterocycles. The van der Waals surface area contributed by atoms with Crippen molar-refractivity contribution < 1.29 is 43.1 Å². The van der Waals surface area contributed by atoms with Crippen molar-refractivity contribution in [2.45, 2.75) is 81.0 Å². The molecule has 0 aliphatic carbocycles. The molecule has 4 N–H and O–H groups in total. The number of aromatic amines is 1. The number of carbonyl (C=O) groups is 2. The second-order valence-corrected chi connectivity index (χ2v) is 16.8. The number of hydrogen-bond acceptors (Lipinski definition) is 14. The Morgan fingerprint density at radius 1 is 1.09 bits per heavy atom. The average molecular weight is 794 g/mol. The molecule has 4 bridgehead atoms. The molecule has 10 rings (SSSR count). The number of aromatic hydroxyl groups is 1. The van der Waals surface area contributed by atoms with E-state index in [1.807, 2.05) is 32.0 Å². The van der Waals surface area contributed by atoms with Crippen LogP contribution in [-0.4, -0.2) is 85.0 Å². The summed E-state index contributed by atoms with van der Waals surface area (Å²) < 4.78 is 36.2. The zero-order chi connectivity index (χ0) is 39.5. The topological polar surface area (TPSA) is 177 Å². The Balaban J connectivity index is 1.24. The zero-order valence-corrected chi connectivity index (χ0v) is 33.1. The molecule has 3 aromatic carbocycles. The van der Waals surface area contributed by atoms with E-state index in [0.29, 0.717) is 59.9 Å². The summed E-state index contributed by atoms with van der Waals surface area (Å²) >= 11 is 1.53. The van der Waals surface area contributed by atoms with Gasteiger partial charge in [0.05, 0.1) is 43.9 Å². The van der Waals surface area contributed by atoms with Gasteiger partial charge in [-0.05, 0) is 61.6 Å². The van der Waals surface area contributed by atoms with E-state index >= 15 is 0 Å². The number of phenolic OH excluding ortho intramolecular Hbond substituents is 1. The molecule has 6 aliphatic rings. The van der Waals surface area contributed by atoms with Gasteiger partial charge in [-0.25, -0.2) is 4.79 Å². The second kappa shape index (κ2) is 13.2. The molecule has 296 valence electrons. The largest absolute Gasteiger partial charge is 0.504 e. The molecule has 0 amide bonds. The third-order valence-corrected chi connectivity index (χ3v) is 14.3. The molecule has 6 aliphatic heterocycles. The number of H-pyrrole nitrogens is 1. The Hall–Kier alpha value is -5.14. The summed E-state index contributed by atoms with van der Waals surface area (Å²) in [5, 5.41) is 31.0. The molecule has 4 aromatic rings. The molecule has 0 saturated carbocycles. The number of phenols is 1. The normalized spacial score (nSPS) is 28.3. The van der Waals surface area contributed by atoms with Crippen molar-refractivity contribution in [2.24, 2.45) is 0 Å². The molecule has 1 fully saturated rings. The summed E-state index contributed by atoms with van der Waals surface area (Å²) in [6.45, 7) is 5.66. The number of aryl methyl sites for hydroxylation is 1. The predicted octanol–water partition coefficient (Wildman–Crippen LogP) is 4.81. The Morgan fingerprint density at radius 3 is 2.68 bits per heavy atom. The molecule has 0 unspecified atom stereocenters. The summed E-state index contributed by atoms with van der Waals surface area (Å²) in [5.74, 6) is 1.87. The quantitative estimate of drug-likeness (QED) is 0.164. The van der Waals surface area contributed by atoms with Gasteiger partial charge in [-0.15, -0.1) is 11.8 Å². The Morgan fingerprint density at radius 2 is 1.91 bits per heavy atom. The fraction of sp³-hybridized carbons (Fsp3) is 0.452. The fourth-order valence-corrected chi connectivity index (χ4v) is 12.3. The van der Waals surface area contributed by atoms with E-state index in [1.54, 1.807) is 14.2 Å². The van der Waals surface area contributed by atoms with Crippen LogP contribution in [0.5, 0.6) is 34.5 Å². The summed E-state index contributed by atoms with van der Waals surface area (Å²) in [6, 6.07) is 8.12. The SMILES string of the molecule is COc1ccc2[nH]c3c(c2c1)CCN[C@]31CS[C@@H]2c3c(OC(C)=O)c(C)c4c(c3[C@H](CCOC1=O)N1[C@@H]2[C@@H]2N[C@H](Cc3cc(C)c(OC)c(O)c32)[C@@H]1C#N)OCO4. The number of piperazine rings is 1. The highest BCUT2D eigenvalue weighted by Crippen LogP contribution is 2.63. The Labute approximate surface area is 333 Å². The number of benzene rings is 3. The van der Waals surface area contributed by atoms with Gasteiger partial charge in [0.25, 0.3) is 0 Å². The van der Waals surface area contributed by atoms with Crippen LogP contribution in [0.1, 0.15) is 75.3 Å². The Bertz CT molecular complexity index is 2440. The molecule has 57 heavy (non-hydrogen) atoms. The van der Waals surface area contributed by atoms with Gasteiger partial charge in [-0.1, -0.05) is 6.07 Å². The number of nitrogens with zero attached hydrogens (tertiary/aromatic N) is 2. The van der Waals surface area contributed by atoms with E-state index in [-0.39, 0.29) is 30.9 Å². The maximum absolute atomic E-state index is 14.8. The van der Waals surface area contributed by atoms with Crippen LogP contribution in [0.4, 0.5) is 0 Å². The summed E-state index contributed by atoms with van der Waals surface area (Å²) in [7, 11) is 3.18. The van der Waals surface area contributed by atoms with Gasteiger partial charge in [0, 0.05) is 76.9 Å². The minimum Gasteiger partial charge on any atom is -0.504 e. The van der Waals surface area contributed by atoms with Crippen molar-refractivity contribution >= 4 is 34.6 Å². The van der Waals surface area contributed by atoms with Gasteiger partial charge in [0.15, 0.2) is 28.5 Å². The number of hydrogen-bond donors (Lipinski definition) is 4. The number of carbonyl (C=O) groups excluding carboxylic acids is 2. The first-order valence-corrected chi connectivity index (χ1v) is 20.3. The summed E-state index contributed by atoms with van der Waals surface area (Å²) in [6.07, 6.45) is 1.48. The van der Waals surface area contributed by atoms with Crippen molar-refractivity contribution in [1.82, 2.24) is 20.5 Å². The molecular weight excluding hydrogens is 751 g/mol. The van der Waals surface area contributed by atoms with Gasteiger partial charge in [-0.2, -0.15) is 5.26 Å². The number of nitrogens with one attached hydrogen (secondary N) is 3. The maximum atomic E-state index is 14.8. The number of fused-ring (bicyclic) bond motifs is 13. The highest BCUT2D eigenvalue weighted by Gasteiger charge is 2.59. The number of nitriles is 1. The van der Waals surface area contributed by atoms with Crippen molar-refractivity contribution in [3.05, 3.63) is 68.9 Å². The third-order valence-electron chi connectivity index (χ3n) is 12.8. The van der Waals surface area contributed by atoms with Crippen LogP contribution < -0.4 is 34.3 Å². The number of aromatic nitrogens is 1. The number of ether oxygens (including phenoxy) is 6. The molecule has 7 atom stereocenters. The Kier molecular flexibility index (Phi) is 8.39. The minimum absolute atomic E-state index is 0.0229. The van der Waals surface area contributed by atoms with E-state index in [1.165, 1.54) is 18.7 Å². The molecule has 0 radical (unpaired) electrons. The van der Waals surface area contributed by atoms with Gasteiger partial charge < -0.3 is 43.8 Å². The first-order valence-electron chi connectivity index (χ1n) is 19.3. The number of cyclic esters (lactones) is 1. The fourth-order valence-electron chi connectivity index (χ4n) is 10.6. The molecule has 14 nitrogen and oxygen atoms in total. The third kappa shape index (κ3) is 5.06. The number of thioether (sulfide) groups is 1. The lowest BCUT2D eigenvalue weighted by molar-refractivity contribution is -0.152. The number of methoxy groups -OCH3 is 2.